The lowest BCUT2D eigenvalue weighted by Gasteiger charge is -2.16. The number of amidine groups is 1. The lowest BCUT2D eigenvalue weighted by molar-refractivity contribution is -0.121. The summed E-state index contributed by atoms with van der Waals surface area (Å²) in [6.45, 7) is 2.72. The van der Waals surface area contributed by atoms with Crippen molar-refractivity contribution in [2.75, 3.05) is 13.7 Å². The molecule has 1 fully saturated rings. The molecule has 0 aromatic heterocycles. The summed E-state index contributed by atoms with van der Waals surface area (Å²) in [6.07, 6.45) is 1.79. The monoisotopic (exact) mass is 616 g/mol. The largest absolute Gasteiger partial charge is 0.490 e. The molecule has 4 aromatic rings. The molecule has 5 rings (SSSR count). The summed E-state index contributed by atoms with van der Waals surface area (Å²) in [6, 6.07) is 24.3. The molecule has 1 saturated heterocycles. The number of halogens is 1. The van der Waals surface area contributed by atoms with Crippen molar-refractivity contribution in [2.45, 2.75) is 13.5 Å². The van der Waals surface area contributed by atoms with Crippen LogP contribution in [0, 0.1) is 0 Å². The van der Waals surface area contributed by atoms with Crippen molar-refractivity contribution < 1.29 is 24.2 Å². The number of ether oxygens (including phenoxy) is 2. The van der Waals surface area contributed by atoms with E-state index in [9.17, 15) is 9.59 Å². The second-order valence-electron chi connectivity index (χ2n) is 8.91. The number of rotatable bonds is 8. The summed E-state index contributed by atoms with van der Waals surface area (Å²) < 4.78 is 12.9. The lowest BCUT2D eigenvalue weighted by atomic mass is 10.1. The highest BCUT2D eigenvalue weighted by Crippen LogP contribution is 2.40. The smallest absolute Gasteiger partial charge is 0.335 e. The van der Waals surface area contributed by atoms with Crippen molar-refractivity contribution in [3.05, 3.63) is 105 Å². The van der Waals surface area contributed by atoms with Gasteiger partial charge in [-0.15, -0.1) is 0 Å². The van der Waals surface area contributed by atoms with Crippen molar-refractivity contribution >= 4 is 67.3 Å². The van der Waals surface area contributed by atoms with Gasteiger partial charge in [0, 0.05) is 7.05 Å². The van der Waals surface area contributed by atoms with Crippen molar-refractivity contribution in [1.82, 2.24) is 4.90 Å². The van der Waals surface area contributed by atoms with E-state index in [1.165, 1.54) is 28.8 Å². The number of carbonyl (C=O) groups is 2. The van der Waals surface area contributed by atoms with Gasteiger partial charge in [0.2, 0.25) is 0 Å². The summed E-state index contributed by atoms with van der Waals surface area (Å²) in [5.74, 6) is -0.0301. The van der Waals surface area contributed by atoms with Crippen LogP contribution in [0.3, 0.4) is 0 Å². The Balaban J connectivity index is 1.39. The van der Waals surface area contributed by atoms with Gasteiger partial charge >= 0.3 is 5.97 Å². The molecule has 0 unspecified atom stereocenters. The number of carboxylic acid groups (broad SMARTS) is 1. The molecule has 9 heteroatoms. The van der Waals surface area contributed by atoms with Gasteiger partial charge in [-0.05, 0) is 99.0 Å². The van der Waals surface area contributed by atoms with Gasteiger partial charge < -0.3 is 14.6 Å². The zero-order chi connectivity index (χ0) is 28.2. The van der Waals surface area contributed by atoms with Crippen LogP contribution in [0.5, 0.6) is 11.5 Å². The number of carbonyl (C=O) groups excluding carboxylic acids is 1. The van der Waals surface area contributed by atoms with E-state index in [1.807, 2.05) is 37.3 Å². The summed E-state index contributed by atoms with van der Waals surface area (Å²) in [7, 11) is 1.66. The summed E-state index contributed by atoms with van der Waals surface area (Å²) in [5.41, 5.74) is 2.57. The van der Waals surface area contributed by atoms with Crippen LogP contribution in [0.4, 0.5) is 5.69 Å². The number of likely N-dealkylation sites (N-methyl/N-ethyl adjacent to an activating group) is 1. The first-order valence-corrected chi connectivity index (χ1v) is 14.1. The van der Waals surface area contributed by atoms with Gasteiger partial charge in [-0.25, -0.2) is 9.79 Å². The Labute approximate surface area is 244 Å². The van der Waals surface area contributed by atoms with Crippen molar-refractivity contribution in [3.63, 3.8) is 0 Å². The van der Waals surface area contributed by atoms with Gasteiger partial charge in [-0.1, -0.05) is 42.5 Å². The van der Waals surface area contributed by atoms with Crippen LogP contribution in [0.1, 0.15) is 28.4 Å². The number of nitrogens with zero attached hydrogens (tertiary/aromatic N) is 2. The topological polar surface area (TPSA) is 88.4 Å². The highest BCUT2D eigenvalue weighted by molar-refractivity contribution is 9.10. The van der Waals surface area contributed by atoms with Gasteiger partial charge in [0.1, 0.15) is 6.61 Å². The van der Waals surface area contributed by atoms with Crippen LogP contribution >= 0.6 is 27.7 Å². The molecule has 40 heavy (non-hydrogen) atoms. The average molecular weight is 618 g/mol. The third-order valence-corrected chi connectivity index (χ3v) is 7.87. The number of amides is 1. The Bertz CT molecular complexity index is 1660. The Hall–Kier alpha value is -4.08. The number of hydrogen-bond acceptors (Lipinski definition) is 6. The number of aliphatic imine (C=N–C) groups is 1. The predicted molar refractivity (Wildman–Crippen MR) is 162 cm³/mol. The van der Waals surface area contributed by atoms with E-state index in [1.54, 1.807) is 25.3 Å². The molecule has 1 amide bonds. The second-order valence-corrected chi connectivity index (χ2v) is 10.8. The van der Waals surface area contributed by atoms with E-state index >= 15 is 0 Å². The zero-order valence-electron chi connectivity index (χ0n) is 21.8. The molecule has 0 radical (unpaired) electrons. The lowest BCUT2D eigenvalue weighted by Crippen LogP contribution is -2.23. The van der Waals surface area contributed by atoms with Crippen LogP contribution in [-0.4, -0.2) is 40.7 Å². The van der Waals surface area contributed by atoms with Crippen LogP contribution in [0.2, 0.25) is 0 Å². The molecule has 0 saturated carbocycles. The number of benzene rings is 4. The molecule has 202 valence electrons. The van der Waals surface area contributed by atoms with Crippen molar-refractivity contribution in [2.24, 2.45) is 4.99 Å². The minimum atomic E-state index is -1.01. The average Bonchev–Trinajstić information content (AvgIpc) is 3.20. The van der Waals surface area contributed by atoms with Gasteiger partial charge in [0.05, 0.1) is 27.2 Å². The quantitative estimate of drug-likeness (QED) is 0.206. The first kappa shape index (κ1) is 27.5. The Morgan fingerprint density at radius 3 is 2.55 bits per heavy atom. The fourth-order valence-corrected chi connectivity index (χ4v) is 5.80. The van der Waals surface area contributed by atoms with Gasteiger partial charge in [0.15, 0.2) is 16.7 Å². The van der Waals surface area contributed by atoms with Crippen molar-refractivity contribution in [1.29, 1.82) is 0 Å². The number of aromatic carboxylic acids is 1. The standard InChI is InChI=1S/C31H25BrN2O5S/c1-3-38-26-16-19(15-25(32)28(26)39-18-22-9-6-8-20-7-4-5-10-24(20)22)17-27-29(35)34(2)31(40-27)33-23-13-11-21(12-14-23)30(36)37/h4-17H,3,18H2,1-2H3,(H,36,37)/b27-17-,33-31?. The maximum absolute atomic E-state index is 13.0. The number of carboxylic acids is 1. The zero-order valence-corrected chi connectivity index (χ0v) is 24.2. The molecule has 0 spiro atoms. The van der Waals surface area contributed by atoms with Gasteiger partial charge in [-0.3, -0.25) is 9.69 Å². The highest BCUT2D eigenvalue weighted by atomic mass is 79.9. The molecule has 1 aliphatic rings. The molecule has 1 N–H and O–H groups in total. The first-order chi connectivity index (χ1) is 19.3. The summed E-state index contributed by atoms with van der Waals surface area (Å²) >= 11 is 4.89. The minimum absolute atomic E-state index is 0.174. The Morgan fingerprint density at radius 2 is 1.80 bits per heavy atom. The normalized spacial score (nSPS) is 15.3. The van der Waals surface area contributed by atoms with Gasteiger partial charge in [-0.2, -0.15) is 0 Å². The fraction of sp³-hybridized carbons (Fsp3) is 0.129. The highest BCUT2D eigenvalue weighted by Gasteiger charge is 2.30. The van der Waals surface area contributed by atoms with Crippen LogP contribution in [0.15, 0.2) is 93.2 Å². The van der Waals surface area contributed by atoms with E-state index in [4.69, 9.17) is 14.6 Å². The van der Waals surface area contributed by atoms with Crippen LogP contribution < -0.4 is 9.47 Å². The van der Waals surface area contributed by atoms with Crippen LogP contribution in [0.25, 0.3) is 16.8 Å². The van der Waals surface area contributed by atoms with Gasteiger partial charge in [0.25, 0.3) is 5.91 Å². The van der Waals surface area contributed by atoms with Crippen molar-refractivity contribution in [3.8, 4) is 11.5 Å². The third-order valence-electron chi connectivity index (χ3n) is 6.22. The second kappa shape index (κ2) is 12.0. The SMILES string of the molecule is CCOc1cc(/C=C2\SC(=Nc3ccc(C(=O)O)cc3)N(C)C2=O)cc(Br)c1OCc1cccc2ccccc12. The molecule has 1 aliphatic heterocycles. The predicted octanol–water partition coefficient (Wildman–Crippen LogP) is 7.51. The number of fused-ring (bicyclic) bond motifs is 1. The maximum atomic E-state index is 13.0. The molecular formula is C31H25BrN2O5S. The maximum Gasteiger partial charge on any atom is 0.335 e. The van der Waals surface area contributed by atoms with E-state index in [0.717, 1.165) is 21.9 Å². The Kier molecular flexibility index (Phi) is 8.23. The van der Waals surface area contributed by atoms with E-state index in [2.05, 4.69) is 45.2 Å². The molecular weight excluding hydrogens is 592 g/mol. The van der Waals surface area contributed by atoms with E-state index in [-0.39, 0.29) is 11.5 Å². The molecule has 0 atom stereocenters. The first-order valence-electron chi connectivity index (χ1n) is 12.5. The van der Waals surface area contributed by atoms with E-state index in [0.29, 0.717) is 44.9 Å². The summed E-state index contributed by atoms with van der Waals surface area (Å²) in [4.78, 5) is 30.6. The summed E-state index contributed by atoms with van der Waals surface area (Å²) in [5, 5.41) is 11.9. The number of thioether (sulfide) groups is 1. The molecule has 0 aliphatic carbocycles. The van der Waals surface area contributed by atoms with E-state index < -0.39 is 5.97 Å². The Morgan fingerprint density at radius 1 is 1.05 bits per heavy atom. The fourth-order valence-electron chi connectivity index (χ4n) is 4.23. The minimum Gasteiger partial charge on any atom is -0.490 e. The molecule has 4 aromatic carbocycles. The van der Waals surface area contributed by atoms with Crippen LogP contribution in [-0.2, 0) is 11.4 Å². The molecule has 7 nitrogen and oxygen atoms in total. The molecule has 1 heterocycles. The number of hydrogen-bond donors (Lipinski definition) is 1. The molecule has 0 bridgehead atoms. The third kappa shape index (κ3) is 5.90.